The fourth-order valence-corrected chi connectivity index (χ4v) is 5.15. The van der Waals surface area contributed by atoms with Crippen molar-refractivity contribution >= 4 is 38.6 Å². The molecule has 1 atom stereocenters. The van der Waals surface area contributed by atoms with Crippen molar-refractivity contribution < 1.29 is 9.72 Å². The zero-order valence-corrected chi connectivity index (χ0v) is 13.2. The lowest BCUT2D eigenvalue weighted by Crippen LogP contribution is -2.37. The molecule has 6 nitrogen and oxygen atoms in total. The van der Waals surface area contributed by atoms with Gasteiger partial charge in [-0.05, 0) is 37.3 Å². The number of fused-ring (bicyclic) bond motifs is 3. The lowest BCUT2D eigenvalue weighted by molar-refractivity contribution is -0.380. The minimum absolute atomic E-state index is 0.0748. The van der Waals surface area contributed by atoms with Crippen molar-refractivity contribution in [3.05, 3.63) is 43.1 Å². The molecule has 1 aliphatic heterocycles. The van der Waals surface area contributed by atoms with E-state index >= 15 is 0 Å². The topological polar surface area (TPSA) is 84.3 Å². The number of rotatable bonds is 2. The van der Waals surface area contributed by atoms with Crippen LogP contribution in [0.3, 0.4) is 0 Å². The maximum Gasteiger partial charge on any atom is 0.324 e. The fourth-order valence-electron chi connectivity index (χ4n) is 3.02. The van der Waals surface area contributed by atoms with E-state index in [1.165, 1.54) is 22.9 Å². The van der Waals surface area contributed by atoms with Gasteiger partial charge in [-0.15, -0.1) is 11.3 Å². The Bertz CT molecular complexity index is 780. The van der Waals surface area contributed by atoms with E-state index in [9.17, 15) is 14.9 Å². The standard InChI is InChI=1S/C14H13N3O3S2/c18-13-11-7-3-1-2-4-8(7)22-14(11)16-12(15-13)9-5-6-10(21-9)17(19)20/h5-6,12,16H,1-4H2,(H,15,18). The Morgan fingerprint density at radius 3 is 2.77 bits per heavy atom. The highest BCUT2D eigenvalue weighted by atomic mass is 32.1. The SMILES string of the molecule is O=C1NC(c2ccc([N+](=O)[O-])s2)Nc2sc3c(c21)CCCC3. The Morgan fingerprint density at radius 2 is 2.00 bits per heavy atom. The number of amides is 1. The molecule has 2 N–H and O–H groups in total. The quantitative estimate of drug-likeness (QED) is 0.650. The average Bonchev–Trinajstić information content (AvgIpc) is 3.11. The van der Waals surface area contributed by atoms with E-state index in [4.69, 9.17) is 0 Å². The van der Waals surface area contributed by atoms with Crippen molar-refractivity contribution in [2.24, 2.45) is 0 Å². The molecule has 4 rings (SSSR count). The maximum atomic E-state index is 12.5. The van der Waals surface area contributed by atoms with Gasteiger partial charge in [0, 0.05) is 10.9 Å². The summed E-state index contributed by atoms with van der Waals surface area (Å²) < 4.78 is 0. The van der Waals surface area contributed by atoms with Gasteiger partial charge in [0.2, 0.25) is 0 Å². The average molecular weight is 335 g/mol. The van der Waals surface area contributed by atoms with Crippen LogP contribution in [0.25, 0.3) is 0 Å². The molecule has 0 saturated carbocycles. The van der Waals surface area contributed by atoms with Crippen molar-refractivity contribution in [1.29, 1.82) is 0 Å². The Labute approximate surface area is 134 Å². The third-order valence-electron chi connectivity index (χ3n) is 4.03. The van der Waals surface area contributed by atoms with Crippen LogP contribution in [0.15, 0.2) is 12.1 Å². The van der Waals surface area contributed by atoms with Gasteiger partial charge < -0.3 is 10.6 Å². The Morgan fingerprint density at radius 1 is 1.18 bits per heavy atom. The summed E-state index contributed by atoms with van der Waals surface area (Å²) in [7, 11) is 0. The molecule has 2 aromatic heterocycles. The highest BCUT2D eigenvalue weighted by Gasteiger charge is 2.32. The number of aryl methyl sites for hydroxylation is 1. The lowest BCUT2D eigenvalue weighted by atomic mass is 9.94. The van der Waals surface area contributed by atoms with Crippen LogP contribution in [0, 0.1) is 10.1 Å². The molecule has 2 aromatic rings. The minimum Gasteiger partial charge on any atom is -0.352 e. The number of hydrogen-bond donors (Lipinski definition) is 2. The second-order valence-electron chi connectivity index (χ2n) is 5.40. The van der Waals surface area contributed by atoms with Gasteiger partial charge in [-0.3, -0.25) is 14.9 Å². The zero-order valence-electron chi connectivity index (χ0n) is 11.5. The summed E-state index contributed by atoms with van der Waals surface area (Å²) >= 11 is 2.74. The number of carbonyl (C=O) groups excluding carboxylic acids is 1. The molecule has 1 amide bonds. The molecule has 0 aromatic carbocycles. The summed E-state index contributed by atoms with van der Waals surface area (Å²) in [4.78, 5) is 24.9. The first-order valence-corrected chi connectivity index (χ1v) is 8.73. The zero-order chi connectivity index (χ0) is 15.3. The summed E-state index contributed by atoms with van der Waals surface area (Å²) in [5.74, 6) is -0.0748. The summed E-state index contributed by atoms with van der Waals surface area (Å²) in [6.45, 7) is 0. The number of nitrogens with zero attached hydrogens (tertiary/aromatic N) is 1. The third kappa shape index (κ3) is 2.10. The Hall–Kier alpha value is -1.93. The van der Waals surface area contributed by atoms with Gasteiger partial charge in [0.25, 0.3) is 5.91 Å². The largest absolute Gasteiger partial charge is 0.352 e. The van der Waals surface area contributed by atoms with Gasteiger partial charge in [-0.2, -0.15) is 0 Å². The van der Waals surface area contributed by atoms with Crippen LogP contribution in [0.1, 0.15) is 44.7 Å². The predicted molar refractivity (Wildman–Crippen MR) is 85.8 cm³/mol. The molecule has 2 aliphatic rings. The first kappa shape index (κ1) is 13.7. The lowest BCUT2D eigenvalue weighted by Gasteiger charge is -2.25. The number of thiophene rings is 2. The summed E-state index contributed by atoms with van der Waals surface area (Å²) in [5.41, 5.74) is 1.97. The van der Waals surface area contributed by atoms with Crippen molar-refractivity contribution in [3.8, 4) is 0 Å². The number of carbonyl (C=O) groups is 1. The van der Waals surface area contributed by atoms with Crippen LogP contribution < -0.4 is 10.6 Å². The molecule has 0 saturated heterocycles. The van der Waals surface area contributed by atoms with Crippen LogP contribution in [-0.2, 0) is 12.8 Å². The maximum absolute atomic E-state index is 12.5. The minimum atomic E-state index is -0.409. The molecule has 22 heavy (non-hydrogen) atoms. The first-order valence-electron chi connectivity index (χ1n) is 7.09. The van der Waals surface area contributed by atoms with E-state index < -0.39 is 4.92 Å². The van der Waals surface area contributed by atoms with Gasteiger partial charge in [0.1, 0.15) is 11.2 Å². The van der Waals surface area contributed by atoms with Crippen LogP contribution in [0.5, 0.6) is 0 Å². The second-order valence-corrected chi connectivity index (χ2v) is 7.60. The van der Waals surface area contributed by atoms with Gasteiger partial charge in [0.05, 0.1) is 15.4 Å². The summed E-state index contributed by atoms with van der Waals surface area (Å²) in [5, 5.41) is 18.0. The molecule has 1 aliphatic carbocycles. The van der Waals surface area contributed by atoms with E-state index in [2.05, 4.69) is 10.6 Å². The number of anilines is 1. The van der Waals surface area contributed by atoms with Crippen LogP contribution in [0.2, 0.25) is 0 Å². The molecule has 1 unspecified atom stereocenters. The number of hydrogen-bond acceptors (Lipinski definition) is 6. The molecule has 0 fully saturated rings. The third-order valence-corrected chi connectivity index (χ3v) is 6.35. The van der Waals surface area contributed by atoms with E-state index in [0.29, 0.717) is 0 Å². The summed E-state index contributed by atoms with van der Waals surface area (Å²) in [6, 6.07) is 3.17. The van der Waals surface area contributed by atoms with Crippen molar-refractivity contribution in [3.63, 3.8) is 0 Å². The van der Waals surface area contributed by atoms with Gasteiger partial charge in [-0.1, -0.05) is 11.3 Å². The molecule has 0 bridgehead atoms. The van der Waals surface area contributed by atoms with E-state index in [-0.39, 0.29) is 17.1 Å². The normalized spacial score (nSPS) is 19.8. The molecule has 3 heterocycles. The first-order chi connectivity index (χ1) is 10.6. The molecular weight excluding hydrogens is 322 g/mol. The van der Waals surface area contributed by atoms with Crippen LogP contribution in [0.4, 0.5) is 10.0 Å². The van der Waals surface area contributed by atoms with Gasteiger partial charge >= 0.3 is 5.00 Å². The number of nitrogens with one attached hydrogen (secondary N) is 2. The Balaban J connectivity index is 1.68. The van der Waals surface area contributed by atoms with Gasteiger partial charge in [0.15, 0.2) is 0 Å². The smallest absolute Gasteiger partial charge is 0.324 e. The highest BCUT2D eigenvalue weighted by Crippen LogP contribution is 2.42. The number of nitro groups is 1. The molecule has 114 valence electrons. The van der Waals surface area contributed by atoms with E-state index in [1.54, 1.807) is 17.4 Å². The second kappa shape index (κ2) is 5.06. The fraction of sp³-hybridized carbons (Fsp3) is 0.357. The van der Waals surface area contributed by atoms with Crippen LogP contribution in [-0.4, -0.2) is 10.8 Å². The predicted octanol–water partition coefficient (Wildman–Crippen LogP) is 3.45. The molecule has 8 heteroatoms. The summed E-state index contributed by atoms with van der Waals surface area (Å²) in [6.07, 6.45) is 3.92. The van der Waals surface area contributed by atoms with E-state index in [0.717, 1.165) is 46.0 Å². The van der Waals surface area contributed by atoms with Crippen LogP contribution >= 0.6 is 22.7 Å². The molecule has 0 spiro atoms. The Kier molecular flexibility index (Phi) is 3.16. The van der Waals surface area contributed by atoms with Crippen molar-refractivity contribution in [1.82, 2.24) is 5.32 Å². The monoisotopic (exact) mass is 335 g/mol. The van der Waals surface area contributed by atoms with Crippen molar-refractivity contribution in [2.45, 2.75) is 31.8 Å². The van der Waals surface area contributed by atoms with Crippen molar-refractivity contribution in [2.75, 3.05) is 5.32 Å². The molecular formula is C14H13N3O3S2. The van der Waals surface area contributed by atoms with Gasteiger partial charge in [-0.25, -0.2) is 0 Å². The molecule has 0 radical (unpaired) electrons. The highest BCUT2D eigenvalue weighted by molar-refractivity contribution is 7.17. The van der Waals surface area contributed by atoms with E-state index in [1.807, 2.05) is 0 Å².